The fourth-order valence-electron chi connectivity index (χ4n) is 2.06. The van der Waals surface area contributed by atoms with Gasteiger partial charge in [-0.3, -0.25) is 0 Å². The van der Waals surface area contributed by atoms with Crippen LogP contribution in [-0.4, -0.2) is 36.2 Å². The van der Waals surface area contributed by atoms with Crippen LogP contribution in [0.4, 0.5) is 5.95 Å². The van der Waals surface area contributed by atoms with Crippen molar-refractivity contribution in [2.75, 3.05) is 25.5 Å². The summed E-state index contributed by atoms with van der Waals surface area (Å²) >= 11 is 0. The number of benzene rings is 1. The van der Waals surface area contributed by atoms with Gasteiger partial charge in [0.25, 0.3) is 0 Å². The summed E-state index contributed by atoms with van der Waals surface area (Å²) < 4.78 is 2.14. The van der Waals surface area contributed by atoms with Crippen LogP contribution in [0.3, 0.4) is 0 Å². The standard InChI is InChI=1S/C13H20N4/c1-10(14-2)9-16(3)13-15-11-7-5-6-8-12(11)17(13)4/h5-8,10,14H,9H2,1-4H3. The van der Waals surface area contributed by atoms with Gasteiger partial charge in [-0.2, -0.15) is 0 Å². The topological polar surface area (TPSA) is 33.1 Å². The largest absolute Gasteiger partial charge is 0.344 e. The summed E-state index contributed by atoms with van der Waals surface area (Å²) in [6.07, 6.45) is 0. The predicted molar refractivity (Wildman–Crippen MR) is 72.5 cm³/mol. The van der Waals surface area contributed by atoms with Crippen LogP contribution in [0.15, 0.2) is 24.3 Å². The first-order chi connectivity index (χ1) is 8.13. The highest BCUT2D eigenvalue weighted by atomic mass is 15.3. The average molecular weight is 232 g/mol. The lowest BCUT2D eigenvalue weighted by atomic mass is 10.3. The number of nitrogens with one attached hydrogen (secondary N) is 1. The normalized spacial score (nSPS) is 12.9. The first-order valence-corrected chi connectivity index (χ1v) is 5.93. The smallest absolute Gasteiger partial charge is 0.206 e. The molecule has 1 aromatic heterocycles. The van der Waals surface area contributed by atoms with E-state index < -0.39 is 0 Å². The molecule has 0 saturated carbocycles. The number of likely N-dealkylation sites (N-methyl/N-ethyl adjacent to an activating group) is 2. The number of aryl methyl sites for hydroxylation is 1. The number of imidazole rings is 1. The van der Waals surface area contributed by atoms with Crippen molar-refractivity contribution in [3.8, 4) is 0 Å². The molecule has 1 N–H and O–H groups in total. The molecule has 4 heteroatoms. The second kappa shape index (κ2) is 4.75. The molecular weight excluding hydrogens is 212 g/mol. The highest BCUT2D eigenvalue weighted by molar-refractivity contribution is 5.78. The number of aromatic nitrogens is 2. The summed E-state index contributed by atoms with van der Waals surface area (Å²) in [7, 11) is 6.12. The van der Waals surface area contributed by atoms with Crippen molar-refractivity contribution in [1.82, 2.24) is 14.9 Å². The van der Waals surface area contributed by atoms with E-state index in [1.165, 1.54) is 5.52 Å². The van der Waals surface area contributed by atoms with Crippen LogP contribution in [0, 0.1) is 0 Å². The highest BCUT2D eigenvalue weighted by Crippen LogP contribution is 2.19. The Bertz CT molecular complexity index is 503. The van der Waals surface area contributed by atoms with Crippen LogP contribution < -0.4 is 10.2 Å². The monoisotopic (exact) mass is 232 g/mol. The molecule has 1 heterocycles. The number of anilines is 1. The molecule has 2 rings (SSSR count). The number of nitrogens with zero attached hydrogens (tertiary/aromatic N) is 3. The molecule has 0 fully saturated rings. The third kappa shape index (κ3) is 2.26. The molecule has 0 aliphatic heterocycles. The molecule has 0 spiro atoms. The molecule has 92 valence electrons. The fraction of sp³-hybridized carbons (Fsp3) is 0.462. The summed E-state index contributed by atoms with van der Waals surface area (Å²) in [6.45, 7) is 3.10. The van der Waals surface area contributed by atoms with Crippen molar-refractivity contribution in [3.05, 3.63) is 24.3 Å². The van der Waals surface area contributed by atoms with Crippen LogP contribution in [-0.2, 0) is 7.05 Å². The Balaban J connectivity index is 2.32. The second-order valence-electron chi connectivity index (χ2n) is 4.53. The lowest BCUT2D eigenvalue weighted by Crippen LogP contribution is -2.36. The summed E-state index contributed by atoms with van der Waals surface area (Å²) in [4.78, 5) is 6.84. The molecule has 0 saturated heterocycles. The molecule has 2 aromatic rings. The van der Waals surface area contributed by atoms with E-state index in [4.69, 9.17) is 0 Å². The van der Waals surface area contributed by atoms with Gasteiger partial charge in [-0.15, -0.1) is 0 Å². The zero-order valence-electron chi connectivity index (χ0n) is 10.9. The van der Waals surface area contributed by atoms with Crippen LogP contribution in [0.1, 0.15) is 6.92 Å². The van der Waals surface area contributed by atoms with Crippen LogP contribution in [0.5, 0.6) is 0 Å². The van der Waals surface area contributed by atoms with Gasteiger partial charge < -0.3 is 14.8 Å². The lowest BCUT2D eigenvalue weighted by Gasteiger charge is -2.22. The maximum Gasteiger partial charge on any atom is 0.206 e. The van der Waals surface area contributed by atoms with Crippen LogP contribution in [0.2, 0.25) is 0 Å². The van der Waals surface area contributed by atoms with E-state index >= 15 is 0 Å². The van der Waals surface area contributed by atoms with Gasteiger partial charge in [-0.25, -0.2) is 4.98 Å². The third-order valence-corrected chi connectivity index (χ3v) is 3.15. The van der Waals surface area contributed by atoms with Crippen molar-refractivity contribution in [3.63, 3.8) is 0 Å². The van der Waals surface area contributed by atoms with E-state index in [0.717, 1.165) is 18.0 Å². The molecule has 1 atom stereocenters. The van der Waals surface area contributed by atoms with Gasteiger partial charge in [0.2, 0.25) is 5.95 Å². The number of fused-ring (bicyclic) bond motifs is 1. The molecule has 0 bridgehead atoms. The van der Waals surface area contributed by atoms with Gasteiger partial charge >= 0.3 is 0 Å². The molecule has 17 heavy (non-hydrogen) atoms. The zero-order chi connectivity index (χ0) is 12.4. The van der Waals surface area contributed by atoms with E-state index in [1.54, 1.807) is 0 Å². The van der Waals surface area contributed by atoms with E-state index in [1.807, 2.05) is 25.2 Å². The van der Waals surface area contributed by atoms with Gasteiger partial charge in [-0.05, 0) is 26.1 Å². The predicted octanol–water partition coefficient (Wildman–Crippen LogP) is 1.62. The Morgan fingerprint density at radius 1 is 1.41 bits per heavy atom. The molecule has 0 aliphatic carbocycles. The Kier molecular flexibility index (Phi) is 3.33. The third-order valence-electron chi connectivity index (χ3n) is 3.15. The molecule has 1 unspecified atom stereocenters. The van der Waals surface area contributed by atoms with Gasteiger partial charge in [0.15, 0.2) is 0 Å². The minimum Gasteiger partial charge on any atom is -0.344 e. The maximum atomic E-state index is 4.66. The molecule has 0 radical (unpaired) electrons. The van der Waals surface area contributed by atoms with Crippen molar-refractivity contribution >= 4 is 17.0 Å². The Morgan fingerprint density at radius 2 is 2.12 bits per heavy atom. The van der Waals surface area contributed by atoms with Gasteiger partial charge in [0.05, 0.1) is 11.0 Å². The van der Waals surface area contributed by atoms with Crippen molar-refractivity contribution < 1.29 is 0 Å². The van der Waals surface area contributed by atoms with Crippen LogP contribution in [0.25, 0.3) is 11.0 Å². The maximum absolute atomic E-state index is 4.66. The summed E-state index contributed by atoms with van der Waals surface area (Å²) in [5.41, 5.74) is 2.22. The van der Waals surface area contributed by atoms with Crippen LogP contribution >= 0.6 is 0 Å². The first-order valence-electron chi connectivity index (χ1n) is 5.93. The zero-order valence-corrected chi connectivity index (χ0v) is 10.9. The number of hydrogen-bond donors (Lipinski definition) is 1. The van der Waals surface area contributed by atoms with Gasteiger partial charge in [-0.1, -0.05) is 12.1 Å². The van der Waals surface area contributed by atoms with Gasteiger partial charge in [0.1, 0.15) is 0 Å². The first kappa shape index (κ1) is 11.9. The van der Waals surface area contributed by atoms with E-state index in [2.05, 4.69) is 46.9 Å². The molecule has 0 amide bonds. The Labute approximate surface area is 102 Å². The minimum absolute atomic E-state index is 0.444. The summed E-state index contributed by atoms with van der Waals surface area (Å²) in [5.74, 6) is 1.01. The number of rotatable bonds is 4. The fourth-order valence-corrected chi connectivity index (χ4v) is 2.06. The Morgan fingerprint density at radius 3 is 2.76 bits per heavy atom. The lowest BCUT2D eigenvalue weighted by molar-refractivity contribution is 0.596. The second-order valence-corrected chi connectivity index (χ2v) is 4.53. The summed E-state index contributed by atoms with van der Waals surface area (Å²) in [6, 6.07) is 8.66. The SMILES string of the molecule is CNC(C)CN(C)c1nc2ccccc2n1C. The average Bonchev–Trinajstić information content (AvgIpc) is 2.67. The minimum atomic E-state index is 0.444. The summed E-state index contributed by atoms with van der Waals surface area (Å²) in [5, 5.41) is 3.24. The number of hydrogen-bond acceptors (Lipinski definition) is 3. The molecule has 0 aliphatic rings. The van der Waals surface area contributed by atoms with E-state index in [9.17, 15) is 0 Å². The van der Waals surface area contributed by atoms with Gasteiger partial charge in [0, 0.05) is 26.7 Å². The van der Waals surface area contributed by atoms with Crippen molar-refractivity contribution in [2.45, 2.75) is 13.0 Å². The van der Waals surface area contributed by atoms with Crippen molar-refractivity contribution in [2.24, 2.45) is 7.05 Å². The number of para-hydroxylation sites is 2. The van der Waals surface area contributed by atoms with Crippen molar-refractivity contribution in [1.29, 1.82) is 0 Å². The highest BCUT2D eigenvalue weighted by Gasteiger charge is 2.12. The van der Waals surface area contributed by atoms with E-state index in [-0.39, 0.29) is 0 Å². The van der Waals surface area contributed by atoms with E-state index in [0.29, 0.717) is 6.04 Å². The Hall–Kier alpha value is -1.55. The quantitative estimate of drug-likeness (QED) is 0.869. The molecule has 4 nitrogen and oxygen atoms in total. The molecule has 1 aromatic carbocycles. The molecular formula is C13H20N4.